The van der Waals surface area contributed by atoms with Crippen LogP contribution in [0.25, 0.3) is 0 Å². The smallest absolute Gasteiger partial charge is 0.306 e. The van der Waals surface area contributed by atoms with Gasteiger partial charge >= 0.3 is 5.97 Å². The number of nitrogens with one attached hydrogen (secondary N) is 1. The maximum absolute atomic E-state index is 13.4. The van der Waals surface area contributed by atoms with Gasteiger partial charge in [-0.25, -0.2) is 0 Å². The summed E-state index contributed by atoms with van der Waals surface area (Å²) in [6, 6.07) is -1.03. The summed E-state index contributed by atoms with van der Waals surface area (Å²) < 4.78 is 17.5. The highest BCUT2D eigenvalue weighted by Gasteiger charge is 2.47. The number of hydrogen-bond donors (Lipinski definition) is 6. The fourth-order valence-corrected chi connectivity index (χ4v) is 8.60. The first-order valence-corrected chi connectivity index (χ1v) is 28.4. The van der Waals surface area contributed by atoms with Gasteiger partial charge in [0.15, 0.2) is 12.4 Å². The monoisotopic (exact) mass is 976 g/mol. The van der Waals surface area contributed by atoms with Crippen molar-refractivity contribution in [3.8, 4) is 0 Å². The summed E-state index contributed by atoms with van der Waals surface area (Å²) in [4.78, 5) is 26.4. The van der Waals surface area contributed by atoms with Gasteiger partial charge in [0.05, 0.1) is 25.4 Å². The average molecular weight is 976 g/mol. The summed E-state index contributed by atoms with van der Waals surface area (Å²) >= 11 is 0. The molecule has 11 nitrogen and oxygen atoms in total. The summed E-state index contributed by atoms with van der Waals surface area (Å²) in [7, 11) is 0. The van der Waals surface area contributed by atoms with Crippen molar-refractivity contribution < 1.29 is 49.3 Å². The van der Waals surface area contributed by atoms with Crippen LogP contribution in [0.15, 0.2) is 48.6 Å². The molecule has 1 heterocycles. The summed E-state index contributed by atoms with van der Waals surface area (Å²) in [5.41, 5.74) is 0. The molecule has 0 bridgehead atoms. The quantitative estimate of drug-likeness (QED) is 0.0196. The molecule has 1 amide bonds. The fourth-order valence-electron chi connectivity index (χ4n) is 8.60. The van der Waals surface area contributed by atoms with Crippen LogP contribution < -0.4 is 5.32 Å². The van der Waals surface area contributed by atoms with E-state index in [-0.39, 0.29) is 19.4 Å². The van der Waals surface area contributed by atoms with E-state index in [2.05, 4.69) is 62.5 Å². The number of allylic oxidation sites excluding steroid dienone is 7. The van der Waals surface area contributed by atoms with E-state index in [0.717, 1.165) is 89.9 Å². The van der Waals surface area contributed by atoms with Crippen LogP contribution in [0.5, 0.6) is 0 Å². The average Bonchev–Trinajstić information content (AvgIpc) is 3.34. The van der Waals surface area contributed by atoms with Crippen LogP contribution in [0.3, 0.4) is 0 Å². The summed E-state index contributed by atoms with van der Waals surface area (Å²) in [6.45, 7) is 5.69. The zero-order chi connectivity index (χ0) is 50.4. The second-order valence-electron chi connectivity index (χ2n) is 19.7. The molecule has 0 aliphatic carbocycles. The van der Waals surface area contributed by atoms with Crippen molar-refractivity contribution in [2.75, 3.05) is 13.2 Å². The minimum atomic E-state index is -1.61. The van der Waals surface area contributed by atoms with Crippen LogP contribution in [-0.2, 0) is 23.8 Å². The van der Waals surface area contributed by atoms with E-state index in [0.29, 0.717) is 12.8 Å². The van der Waals surface area contributed by atoms with Crippen molar-refractivity contribution >= 4 is 11.9 Å². The number of carbonyl (C=O) groups is 2. The maximum Gasteiger partial charge on any atom is 0.306 e. The number of ether oxygens (including phenoxy) is 3. The first-order valence-electron chi connectivity index (χ1n) is 28.4. The standard InChI is InChI=1S/C58H105NO10/c1-4-7-10-13-16-19-22-23-24-25-26-27-28-31-33-36-39-42-45-51(62)57(66)59-49(50(61)44-41-38-35-32-29-20-17-14-11-8-5-2)48-67-58-56(55(65)54(64)52(47-60)68-58)69-53(63)46-43-40-37-34-30-21-18-15-12-9-6-3/h15-16,18-19,23-24,41,44,49-52,54-56,58,60-62,64-65H,4-14,17,20-22,25-40,42-43,45-48H2,1-3H3,(H,59,66)/b18-15-,19-16-,24-23-,44-41+. The third-order valence-electron chi connectivity index (χ3n) is 13.2. The lowest BCUT2D eigenvalue weighted by Gasteiger charge is -2.41. The Hall–Kier alpha value is -2.38. The van der Waals surface area contributed by atoms with Gasteiger partial charge in [-0.3, -0.25) is 9.59 Å². The molecule has 8 atom stereocenters. The first kappa shape index (κ1) is 64.6. The van der Waals surface area contributed by atoms with Gasteiger partial charge in [-0.1, -0.05) is 211 Å². The number of hydrogen-bond acceptors (Lipinski definition) is 10. The van der Waals surface area contributed by atoms with Gasteiger partial charge < -0.3 is 45.1 Å². The predicted molar refractivity (Wildman–Crippen MR) is 283 cm³/mol. The highest BCUT2D eigenvalue weighted by molar-refractivity contribution is 5.80. The van der Waals surface area contributed by atoms with Gasteiger partial charge in [0, 0.05) is 6.42 Å². The topological polar surface area (TPSA) is 175 Å². The van der Waals surface area contributed by atoms with Crippen molar-refractivity contribution in [2.24, 2.45) is 0 Å². The normalized spacial score (nSPS) is 20.1. The number of rotatable bonds is 47. The molecule has 6 N–H and O–H groups in total. The molecule has 1 aliphatic rings. The lowest BCUT2D eigenvalue weighted by Crippen LogP contribution is -2.61. The molecule has 1 saturated heterocycles. The zero-order valence-corrected chi connectivity index (χ0v) is 44.2. The van der Waals surface area contributed by atoms with Gasteiger partial charge in [-0.05, 0) is 77.0 Å². The number of aliphatic hydroxyl groups excluding tert-OH is 5. The number of esters is 1. The predicted octanol–water partition coefficient (Wildman–Crippen LogP) is 12.5. The van der Waals surface area contributed by atoms with Crippen molar-refractivity contribution in [2.45, 2.75) is 294 Å². The van der Waals surface area contributed by atoms with E-state index in [1.165, 1.54) is 109 Å². The van der Waals surface area contributed by atoms with Crippen molar-refractivity contribution in [3.05, 3.63) is 48.6 Å². The van der Waals surface area contributed by atoms with Crippen LogP contribution in [0, 0.1) is 0 Å². The molecule has 0 saturated carbocycles. The largest absolute Gasteiger partial charge is 0.454 e. The molecule has 402 valence electrons. The van der Waals surface area contributed by atoms with E-state index < -0.39 is 67.4 Å². The van der Waals surface area contributed by atoms with E-state index in [9.17, 15) is 35.1 Å². The van der Waals surface area contributed by atoms with E-state index in [1.54, 1.807) is 6.08 Å². The Morgan fingerprint density at radius 3 is 1.57 bits per heavy atom. The molecule has 1 aliphatic heterocycles. The lowest BCUT2D eigenvalue weighted by molar-refractivity contribution is -0.305. The molecule has 1 fully saturated rings. The van der Waals surface area contributed by atoms with Gasteiger partial charge in [-0.15, -0.1) is 0 Å². The molecule has 69 heavy (non-hydrogen) atoms. The van der Waals surface area contributed by atoms with Crippen LogP contribution in [0.2, 0.25) is 0 Å². The number of carbonyl (C=O) groups excluding carboxylic acids is 2. The summed E-state index contributed by atoms with van der Waals surface area (Å²) in [5.74, 6) is -1.21. The Balaban J connectivity index is 2.71. The van der Waals surface area contributed by atoms with Gasteiger partial charge in [0.25, 0.3) is 0 Å². The number of unbranched alkanes of at least 4 members (excludes halogenated alkanes) is 27. The molecule has 0 aromatic carbocycles. The highest BCUT2D eigenvalue weighted by atomic mass is 16.7. The molecular weight excluding hydrogens is 871 g/mol. The summed E-state index contributed by atoms with van der Waals surface area (Å²) in [5, 5.41) is 56.7. The van der Waals surface area contributed by atoms with E-state index in [1.807, 2.05) is 6.08 Å². The molecule has 0 aromatic rings. The molecule has 0 aromatic heterocycles. The Morgan fingerprint density at radius 1 is 0.565 bits per heavy atom. The van der Waals surface area contributed by atoms with Gasteiger partial charge in [0.1, 0.15) is 24.4 Å². The van der Waals surface area contributed by atoms with Gasteiger partial charge in [-0.2, -0.15) is 0 Å². The van der Waals surface area contributed by atoms with Crippen LogP contribution >= 0.6 is 0 Å². The third kappa shape index (κ3) is 35.4. The highest BCUT2D eigenvalue weighted by Crippen LogP contribution is 2.26. The van der Waals surface area contributed by atoms with Crippen molar-refractivity contribution in [1.82, 2.24) is 5.32 Å². The SMILES string of the molecule is CCCC/C=C\CCCCCCCC(=O)OC1C(OCC(NC(=O)C(O)CCCCCCCCCC/C=C\C/C=C\CCCCC)C(O)/C=C/CCCCCCCCCCC)OC(CO)C(O)C1O. The molecular formula is C58H105NO10. The van der Waals surface area contributed by atoms with E-state index in [4.69, 9.17) is 14.2 Å². The zero-order valence-electron chi connectivity index (χ0n) is 44.2. The number of aliphatic hydroxyl groups is 5. The Kier molecular flexibility index (Phi) is 43.7. The third-order valence-corrected chi connectivity index (χ3v) is 13.2. The van der Waals surface area contributed by atoms with Crippen LogP contribution in [-0.4, -0.2) is 99.6 Å². The van der Waals surface area contributed by atoms with Crippen molar-refractivity contribution in [1.29, 1.82) is 0 Å². The lowest BCUT2D eigenvalue weighted by atomic mass is 9.99. The second-order valence-corrected chi connectivity index (χ2v) is 19.7. The Morgan fingerprint density at radius 2 is 1.01 bits per heavy atom. The Labute approximate surface area is 421 Å². The van der Waals surface area contributed by atoms with Gasteiger partial charge in [0.2, 0.25) is 5.91 Å². The Bertz CT molecular complexity index is 1300. The maximum atomic E-state index is 13.4. The van der Waals surface area contributed by atoms with Crippen LogP contribution in [0.4, 0.5) is 0 Å². The molecule has 1 rings (SSSR count). The summed E-state index contributed by atoms with van der Waals surface area (Å²) in [6.07, 6.45) is 44.5. The molecule has 8 unspecified atom stereocenters. The molecule has 0 radical (unpaired) electrons. The fraction of sp³-hybridized carbons (Fsp3) is 0.828. The van der Waals surface area contributed by atoms with Crippen LogP contribution in [0.1, 0.15) is 245 Å². The number of amides is 1. The van der Waals surface area contributed by atoms with Crippen molar-refractivity contribution in [3.63, 3.8) is 0 Å². The minimum absolute atomic E-state index is 0.112. The van der Waals surface area contributed by atoms with E-state index >= 15 is 0 Å². The first-order chi connectivity index (χ1) is 33.7. The minimum Gasteiger partial charge on any atom is -0.454 e. The second kappa shape index (κ2) is 46.7. The molecule has 11 heteroatoms. The molecule has 0 spiro atoms.